The van der Waals surface area contributed by atoms with E-state index >= 15 is 0 Å². The third-order valence-electron chi connectivity index (χ3n) is 4.81. The lowest BCUT2D eigenvalue weighted by atomic mass is 10.1. The fourth-order valence-corrected chi connectivity index (χ4v) is 3.32. The molecule has 2 heterocycles. The molecule has 4 rings (SSSR count). The van der Waals surface area contributed by atoms with Crippen LogP contribution < -0.4 is 10.6 Å². The summed E-state index contributed by atoms with van der Waals surface area (Å²) in [6.07, 6.45) is 0.960. The van der Waals surface area contributed by atoms with Crippen molar-refractivity contribution >= 4 is 16.7 Å². The number of hydrogen-bond acceptors (Lipinski definition) is 6. The van der Waals surface area contributed by atoms with E-state index in [1.165, 1.54) is 18.2 Å². The summed E-state index contributed by atoms with van der Waals surface area (Å²) in [5, 5.41) is 27.6. The van der Waals surface area contributed by atoms with Crippen LogP contribution in [0.25, 0.3) is 22.3 Å². The lowest BCUT2D eigenvalue weighted by Crippen LogP contribution is -2.23. The molecule has 154 valence electrons. The number of benzene rings is 2. The quantitative estimate of drug-likeness (QED) is 0.500. The molecule has 2 aromatic carbocycles. The summed E-state index contributed by atoms with van der Waals surface area (Å²) in [6, 6.07) is 9.44. The van der Waals surface area contributed by atoms with E-state index in [0.29, 0.717) is 16.9 Å². The number of aliphatic hydroxyl groups is 1. The van der Waals surface area contributed by atoms with Gasteiger partial charge in [0.05, 0.1) is 11.1 Å². The Morgan fingerprint density at radius 1 is 1.20 bits per heavy atom. The lowest BCUT2D eigenvalue weighted by Gasteiger charge is -2.16. The monoisotopic (exact) mass is 406 g/mol. The van der Waals surface area contributed by atoms with Crippen molar-refractivity contribution < 1.29 is 14.6 Å². The third-order valence-corrected chi connectivity index (χ3v) is 4.81. The second-order valence-corrected chi connectivity index (χ2v) is 7.93. The van der Waals surface area contributed by atoms with Crippen LogP contribution >= 0.6 is 0 Å². The maximum atomic E-state index is 13.8. The fraction of sp³-hybridized carbons (Fsp3) is 0.304. The fourth-order valence-electron chi connectivity index (χ4n) is 3.32. The minimum atomic E-state index is -1.11. The van der Waals surface area contributed by atoms with E-state index in [9.17, 15) is 14.6 Å². The zero-order valence-corrected chi connectivity index (χ0v) is 16.8. The van der Waals surface area contributed by atoms with Crippen molar-refractivity contribution in [2.24, 2.45) is 0 Å². The molecule has 1 unspecified atom stereocenters. The Morgan fingerprint density at radius 3 is 2.77 bits per heavy atom. The maximum absolute atomic E-state index is 13.8. The van der Waals surface area contributed by atoms with E-state index in [-0.39, 0.29) is 23.2 Å². The molecule has 1 atom stereocenters. The highest BCUT2D eigenvalue weighted by atomic mass is 19.1. The Kier molecular flexibility index (Phi) is 5.29. The molecular formula is C23H23FN4O2. The number of aromatic nitrogens is 2. The highest BCUT2D eigenvalue weighted by Gasteiger charge is 2.19. The highest BCUT2D eigenvalue weighted by Crippen LogP contribution is 2.31. The van der Waals surface area contributed by atoms with E-state index in [0.717, 1.165) is 24.9 Å². The van der Waals surface area contributed by atoms with E-state index in [2.05, 4.69) is 32.4 Å². The van der Waals surface area contributed by atoms with Gasteiger partial charge in [-0.25, -0.2) is 14.4 Å². The Morgan fingerprint density at radius 2 is 2.03 bits per heavy atom. The van der Waals surface area contributed by atoms with Crippen molar-refractivity contribution in [3.8, 4) is 29.0 Å². The first kappa shape index (κ1) is 20.1. The molecule has 1 saturated heterocycles. The van der Waals surface area contributed by atoms with E-state index in [1.54, 1.807) is 19.9 Å². The van der Waals surface area contributed by atoms with Crippen molar-refractivity contribution in [1.82, 2.24) is 15.3 Å². The van der Waals surface area contributed by atoms with Gasteiger partial charge >= 0.3 is 0 Å². The normalized spacial score (nSPS) is 16.3. The molecule has 0 saturated carbocycles. The SMILES string of the molecule is CC(C)(O)C#Cc1ccc2c(NC3CCNC3)nc(-c3cc(F)ccc3O)nc2c1. The van der Waals surface area contributed by atoms with Gasteiger partial charge in [-0.05, 0) is 63.2 Å². The Hall–Kier alpha value is -3.21. The van der Waals surface area contributed by atoms with E-state index in [4.69, 9.17) is 0 Å². The molecule has 6 nitrogen and oxygen atoms in total. The summed E-state index contributed by atoms with van der Waals surface area (Å²) in [5.74, 6) is 6.00. The zero-order chi connectivity index (χ0) is 21.3. The van der Waals surface area contributed by atoms with Crippen LogP contribution in [0.2, 0.25) is 0 Å². The minimum Gasteiger partial charge on any atom is -0.507 e. The largest absolute Gasteiger partial charge is 0.507 e. The summed E-state index contributed by atoms with van der Waals surface area (Å²) in [5.41, 5.74) is 0.407. The van der Waals surface area contributed by atoms with Gasteiger partial charge in [-0.3, -0.25) is 0 Å². The first-order valence-electron chi connectivity index (χ1n) is 9.82. The number of fused-ring (bicyclic) bond motifs is 1. The molecule has 3 aromatic rings. The second kappa shape index (κ2) is 7.90. The van der Waals surface area contributed by atoms with Crippen LogP contribution in [0.15, 0.2) is 36.4 Å². The van der Waals surface area contributed by atoms with E-state index < -0.39 is 11.4 Å². The van der Waals surface area contributed by atoms with Crippen molar-refractivity contribution in [3.63, 3.8) is 0 Å². The van der Waals surface area contributed by atoms with Gasteiger partial charge in [0.15, 0.2) is 5.82 Å². The maximum Gasteiger partial charge on any atom is 0.165 e. The average Bonchev–Trinajstić information content (AvgIpc) is 3.20. The molecule has 4 N–H and O–H groups in total. The molecule has 7 heteroatoms. The van der Waals surface area contributed by atoms with Gasteiger partial charge in [-0.2, -0.15) is 0 Å². The van der Waals surface area contributed by atoms with Crippen LogP contribution in [0, 0.1) is 17.7 Å². The first-order valence-corrected chi connectivity index (χ1v) is 9.82. The van der Waals surface area contributed by atoms with Crippen molar-refractivity contribution in [1.29, 1.82) is 0 Å². The van der Waals surface area contributed by atoms with Crippen LogP contribution in [0.4, 0.5) is 10.2 Å². The molecule has 1 fully saturated rings. The lowest BCUT2D eigenvalue weighted by molar-refractivity contribution is 0.143. The minimum absolute atomic E-state index is 0.0952. The van der Waals surface area contributed by atoms with Gasteiger partial charge in [-0.1, -0.05) is 11.8 Å². The third kappa shape index (κ3) is 4.51. The number of nitrogens with zero attached hydrogens (tertiary/aromatic N) is 2. The molecule has 1 aliphatic heterocycles. The Bertz CT molecular complexity index is 1160. The van der Waals surface area contributed by atoms with Crippen LogP contribution in [0.3, 0.4) is 0 Å². The predicted octanol–water partition coefficient (Wildman–Crippen LogP) is 3.04. The van der Waals surface area contributed by atoms with Crippen molar-refractivity contribution in [3.05, 3.63) is 47.8 Å². The van der Waals surface area contributed by atoms with Gasteiger partial charge in [0, 0.05) is 23.5 Å². The van der Waals surface area contributed by atoms with Crippen LogP contribution in [-0.4, -0.2) is 44.9 Å². The number of halogens is 1. The summed E-state index contributed by atoms with van der Waals surface area (Å²) in [6.45, 7) is 4.98. The van der Waals surface area contributed by atoms with Crippen LogP contribution in [-0.2, 0) is 0 Å². The average molecular weight is 406 g/mol. The summed E-state index contributed by atoms with van der Waals surface area (Å²) < 4.78 is 13.8. The smallest absolute Gasteiger partial charge is 0.165 e. The van der Waals surface area contributed by atoms with Crippen molar-refractivity contribution in [2.75, 3.05) is 18.4 Å². The van der Waals surface area contributed by atoms with Gasteiger partial charge in [0.1, 0.15) is 23.0 Å². The standard InChI is InChI=1S/C23H23FN4O2/c1-23(2,30)9-7-14-3-5-17-19(11-14)27-22(18-12-15(24)4-6-20(18)29)28-21(17)26-16-8-10-25-13-16/h3-6,11-12,16,25,29-30H,8,10,13H2,1-2H3,(H,26,27,28). The summed E-state index contributed by atoms with van der Waals surface area (Å²) >= 11 is 0. The Balaban J connectivity index is 1.86. The molecule has 1 aromatic heterocycles. The second-order valence-electron chi connectivity index (χ2n) is 7.93. The molecule has 0 radical (unpaired) electrons. The zero-order valence-electron chi connectivity index (χ0n) is 16.8. The number of aromatic hydroxyl groups is 1. The van der Waals surface area contributed by atoms with Gasteiger partial charge < -0.3 is 20.8 Å². The predicted molar refractivity (Wildman–Crippen MR) is 115 cm³/mol. The number of phenols is 1. The summed E-state index contributed by atoms with van der Waals surface area (Å²) in [4.78, 5) is 9.16. The topological polar surface area (TPSA) is 90.3 Å². The summed E-state index contributed by atoms with van der Waals surface area (Å²) in [7, 11) is 0. The Labute approximate surface area is 174 Å². The number of rotatable bonds is 3. The van der Waals surface area contributed by atoms with Gasteiger partial charge in [-0.15, -0.1) is 0 Å². The first-order chi connectivity index (χ1) is 14.3. The molecule has 0 spiro atoms. The molecule has 0 bridgehead atoms. The van der Waals surface area contributed by atoms with Crippen LogP contribution in [0.5, 0.6) is 5.75 Å². The van der Waals surface area contributed by atoms with Crippen LogP contribution in [0.1, 0.15) is 25.8 Å². The van der Waals surface area contributed by atoms with Crippen molar-refractivity contribution in [2.45, 2.75) is 31.9 Å². The molecule has 0 amide bonds. The molecular weight excluding hydrogens is 383 g/mol. The number of anilines is 1. The number of hydrogen-bond donors (Lipinski definition) is 4. The molecule has 30 heavy (non-hydrogen) atoms. The van der Waals surface area contributed by atoms with E-state index in [1.807, 2.05) is 12.1 Å². The highest BCUT2D eigenvalue weighted by molar-refractivity contribution is 5.92. The van der Waals surface area contributed by atoms with Gasteiger partial charge in [0.25, 0.3) is 0 Å². The number of nitrogens with one attached hydrogen (secondary N) is 2. The number of phenolic OH excluding ortho intramolecular Hbond substituents is 1. The molecule has 1 aliphatic rings. The van der Waals surface area contributed by atoms with Gasteiger partial charge in [0.2, 0.25) is 0 Å². The molecule has 0 aliphatic carbocycles.